The average Bonchev–Trinajstić information content (AvgIpc) is 3.14. The fourth-order valence-corrected chi connectivity index (χ4v) is 3.73. The number of halogens is 1. The summed E-state index contributed by atoms with van der Waals surface area (Å²) in [6, 6.07) is 14.5. The molecule has 0 amide bonds. The van der Waals surface area contributed by atoms with E-state index >= 15 is 0 Å². The number of fused-ring (bicyclic) bond motifs is 1. The SMILES string of the molecule is COc1cc(/C=C2\Oc3c(ccc(OCc4ccc(Cl)cc4)c3C)C2=O)cc(OC)c1OC. The Kier molecular flexibility index (Phi) is 6.47. The molecule has 1 heterocycles. The Morgan fingerprint density at radius 3 is 2.18 bits per heavy atom. The molecule has 0 atom stereocenters. The molecule has 0 aliphatic carbocycles. The van der Waals surface area contributed by atoms with Gasteiger partial charge in [-0.05, 0) is 60.5 Å². The molecule has 0 aromatic heterocycles. The van der Waals surface area contributed by atoms with Crippen molar-refractivity contribution in [3.8, 4) is 28.7 Å². The lowest BCUT2D eigenvalue weighted by Gasteiger charge is -2.13. The van der Waals surface area contributed by atoms with Gasteiger partial charge in [-0.3, -0.25) is 4.79 Å². The Balaban J connectivity index is 1.60. The first-order valence-electron chi connectivity index (χ1n) is 10.2. The first-order chi connectivity index (χ1) is 15.9. The third-order valence-electron chi connectivity index (χ3n) is 5.33. The summed E-state index contributed by atoms with van der Waals surface area (Å²) in [5, 5.41) is 0.672. The molecule has 4 rings (SSSR count). The highest BCUT2D eigenvalue weighted by atomic mass is 35.5. The molecule has 1 aliphatic rings. The molecule has 6 nitrogen and oxygen atoms in total. The Hall–Kier alpha value is -3.64. The predicted molar refractivity (Wildman–Crippen MR) is 126 cm³/mol. The molecule has 3 aromatic rings. The Morgan fingerprint density at radius 1 is 0.909 bits per heavy atom. The van der Waals surface area contributed by atoms with Crippen molar-refractivity contribution < 1.29 is 28.5 Å². The predicted octanol–water partition coefficient (Wildman–Crippen LogP) is 5.87. The maximum absolute atomic E-state index is 13.0. The third kappa shape index (κ3) is 4.47. The molecule has 33 heavy (non-hydrogen) atoms. The van der Waals surface area contributed by atoms with Crippen LogP contribution in [-0.2, 0) is 6.61 Å². The van der Waals surface area contributed by atoms with Gasteiger partial charge in [0.1, 0.15) is 18.1 Å². The highest BCUT2D eigenvalue weighted by Crippen LogP contribution is 2.42. The average molecular weight is 467 g/mol. The second kappa shape index (κ2) is 9.46. The van der Waals surface area contributed by atoms with Gasteiger partial charge < -0.3 is 23.7 Å². The Morgan fingerprint density at radius 2 is 1.58 bits per heavy atom. The Bertz CT molecular complexity index is 1210. The van der Waals surface area contributed by atoms with Crippen LogP contribution in [0.5, 0.6) is 28.7 Å². The van der Waals surface area contributed by atoms with E-state index in [1.165, 1.54) is 21.3 Å². The molecule has 0 N–H and O–H groups in total. The minimum absolute atomic E-state index is 0.203. The van der Waals surface area contributed by atoms with E-state index in [9.17, 15) is 4.79 Å². The summed E-state index contributed by atoms with van der Waals surface area (Å²) in [4.78, 5) is 13.0. The highest BCUT2D eigenvalue weighted by molar-refractivity contribution is 6.30. The molecule has 1 aliphatic heterocycles. The van der Waals surface area contributed by atoms with E-state index in [0.29, 0.717) is 51.5 Å². The van der Waals surface area contributed by atoms with Crippen LogP contribution in [0.15, 0.2) is 54.3 Å². The lowest BCUT2D eigenvalue weighted by atomic mass is 10.1. The second-order valence-corrected chi connectivity index (χ2v) is 7.82. The molecule has 0 bridgehead atoms. The van der Waals surface area contributed by atoms with Crippen LogP contribution in [0.4, 0.5) is 0 Å². The molecule has 0 spiro atoms. The molecular weight excluding hydrogens is 444 g/mol. The van der Waals surface area contributed by atoms with Crippen molar-refractivity contribution in [2.24, 2.45) is 0 Å². The van der Waals surface area contributed by atoms with Crippen LogP contribution in [0.1, 0.15) is 27.0 Å². The standard InChI is InChI=1S/C26H23ClO6/c1-15-20(32-14-16-5-7-18(27)8-6-16)10-9-19-24(28)21(33-25(15)19)11-17-12-22(29-2)26(31-4)23(13-17)30-3/h5-13H,14H2,1-4H3/b21-11-. The molecule has 0 saturated heterocycles. The van der Waals surface area contributed by atoms with Gasteiger partial charge in [0, 0.05) is 10.6 Å². The summed E-state index contributed by atoms with van der Waals surface area (Å²) in [6.45, 7) is 2.24. The second-order valence-electron chi connectivity index (χ2n) is 7.38. The first-order valence-corrected chi connectivity index (χ1v) is 10.6. The van der Waals surface area contributed by atoms with Gasteiger partial charge in [0.15, 0.2) is 17.3 Å². The number of hydrogen-bond donors (Lipinski definition) is 0. The fourth-order valence-electron chi connectivity index (χ4n) is 3.60. The van der Waals surface area contributed by atoms with Crippen LogP contribution in [0.2, 0.25) is 5.02 Å². The molecule has 170 valence electrons. The number of carbonyl (C=O) groups is 1. The van der Waals surface area contributed by atoms with Gasteiger partial charge >= 0.3 is 0 Å². The largest absolute Gasteiger partial charge is 0.493 e. The van der Waals surface area contributed by atoms with Crippen molar-refractivity contribution in [2.75, 3.05) is 21.3 Å². The van der Waals surface area contributed by atoms with Crippen LogP contribution in [-0.4, -0.2) is 27.1 Å². The van der Waals surface area contributed by atoms with Crippen LogP contribution >= 0.6 is 11.6 Å². The first kappa shape index (κ1) is 22.6. The minimum atomic E-state index is -0.203. The van der Waals surface area contributed by atoms with Gasteiger partial charge in [-0.2, -0.15) is 0 Å². The maximum Gasteiger partial charge on any atom is 0.231 e. The zero-order valence-corrected chi connectivity index (χ0v) is 19.5. The summed E-state index contributed by atoms with van der Waals surface area (Å²) < 4.78 is 28.1. The van der Waals surface area contributed by atoms with Crippen molar-refractivity contribution in [3.05, 3.63) is 81.6 Å². The molecule has 0 unspecified atom stereocenters. The monoisotopic (exact) mass is 466 g/mol. The molecule has 0 fully saturated rings. The van der Waals surface area contributed by atoms with E-state index in [2.05, 4.69) is 0 Å². The number of rotatable bonds is 7. The molecule has 0 saturated carbocycles. The summed E-state index contributed by atoms with van der Waals surface area (Å²) >= 11 is 5.94. The van der Waals surface area contributed by atoms with E-state index in [1.807, 2.05) is 31.2 Å². The lowest BCUT2D eigenvalue weighted by molar-refractivity contribution is 0.101. The van der Waals surface area contributed by atoms with E-state index in [4.69, 9.17) is 35.3 Å². The smallest absolute Gasteiger partial charge is 0.231 e. The number of hydrogen-bond acceptors (Lipinski definition) is 6. The number of methoxy groups -OCH3 is 3. The summed E-state index contributed by atoms with van der Waals surface area (Å²) in [6.07, 6.45) is 1.65. The van der Waals surface area contributed by atoms with Crippen molar-refractivity contribution in [1.29, 1.82) is 0 Å². The number of benzene rings is 3. The normalized spacial score (nSPS) is 13.5. The number of carbonyl (C=O) groups excluding carboxylic acids is 1. The van der Waals surface area contributed by atoms with Crippen LogP contribution in [0.3, 0.4) is 0 Å². The maximum atomic E-state index is 13.0. The van der Waals surface area contributed by atoms with Crippen molar-refractivity contribution >= 4 is 23.5 Å². The molecular formula is C26H23ClO6. The lowest BCUT2D eigenvalue weighted by Crippen LogP contribution is -1.99. The molecule has 0 radical (unpaired) electrons. The quantitative estimate of drug-likeness (QED) is 0.406. The summed E-state index contributed by atoms with van der Waals surface area (Å²) in [7, 11) is 4.61. The van der Waals surface area contributed by atoms with Crippen molar-refractivity contribution in [3.63, 3.8) is 0 Å². The third-order valence-corrected chi connectivity index (χ3v) is 5.58. The zero-order valence-electron chi connectivity index (χ0n) is 18.7. The number of ketones is 1. The van der Waals surface area contributed by atoms with Crippen molar-refractivity contribution in [2.45, 2.75) is 13.5 Å². The van der Waals surface area contributed by atoms with Crippen LogP contribution in [0.25, 0.3) is 6.08 Å². The minimum Gasteiger partial charge on any atom is -0.493 e. The highest BCUT2D eigenvalue weighted by Gasteiger charge is 2.30. The van der Waals surface area contributed by atoms with Gasteiger partial charge in [0.05, 0.1) is 26.9 Å². The van der Waals surface area contributed by atoms with Gasteiger partial charge in [-0.15, -0.1) is 0 Å². The summed E-state index contributed by atoms with van der Waals surface area (Å²) in [5.74, 6) is 2.59. The molecule has 3 aromatic carbocycles. The van der Waals surface area contributed by atoms with Gasteiger partial charge in [-0.25, -0.2) is 0 Å². The number of Topliss-reactive ketones (excluding diaryl/α,β-unsaturated/α-hetero) is 1. The summed E-state index contributed by atoms with van der Waals surface area (Å²) in [5.41, 5.74) is 2.91. The topological polar surface area (TPSA) is 63.2 Å². The van der Waals surface area contributed by atoms with Gasteiger partial charge in [0.25, 0.3) is 0 Å². The van der Waals surface area contributed by atoms with Gasteiger partial charge in [0.2, 0.25) is 11.5 Å². The number of allylic oxidation sites excluding steroid dienone is 1. The van der Waals surface area contributed by atoms with E-state index in [1.54, 1.807) is 30.3 Å². The van der Waals surface area contributed by atoms with Crippen molar-refractivity contribution in [1.82, 2.24) is 0 Å². The van der Waals surface area contributed by atoms with Crippen LogP contribution < -0.4 is 23.7 Å². The fraction of sp³-hybridized carbons (Fsp3) is 0.192. The van der Waals surface area contributed by atoms with E-state index in [0.717, 1.165) is 11.1 Å². The Labute approximate surface area is 197 Å². The number of ether oxygens (including phenoxy) is 5. The van der Waals surface area contributed by atoms with E-state index < -0.39 is 0 Å². The van der Waals surface area contributed by atoms with Gasteiger partial charge in [-0.1, -0.05) is 23.7 Å². The zero-order chi connectivity index (χ0) is 23.5. The van der Waals surface area contributed by atoms with E-state index in [-0.39, 0.29) is 11.5 Å². The molecule has 7 heteroatoms. The van der Waals surface area contributed by atoms with Crippen LogP contribution in [0, 0.1) is 6.92 Å².